The molecule has 0 aliphatic carbocycles. The number of hydrogen-bond acceptors (Lipinski definition) is 11. The van der Waals surface area contributed by atoms with Crippen molar-refractivity contribution in [3.63, 3.8) is 0 Å². The first kappa shape index (κ1) is 18.9. The van der Waals surface area contributed by atoms with Gasteiger partial charge in [0, 0.05) is 0 Å². The highest BCUT2D eigenvalue weighted by Crippen LogP contribution is 2.28. The minimum Gasteiger partial charge on any atom is -0.394 e. The number of ether oxygens (including phenoxy) is 3. The molecule has 1 unspecified atom stereocenters. The Morgan fingerprint density at radius 2 is 1.17 bits per heavy atom. The van der Waals surface area contributed by atoms with E-state index in [4.69, 9.17) is 24.4 Å². The van der Waals surface area contributed by atoms with Gasteiger partial charge >= 0.3 is 0 Å². The summed E-state index contributed by atoms with van der Waals surface area (Å²) in [6.07, 6.45) is -15.6. The van der Waals surface area contributed by atoms with E-state index < -0.39 is 74.6 Å². The summed E-state index contributed by atoms with van der Waals surface area (Å²) in [6, 6.07) is 0. The van der Waals surface area contributed by atoms with Gasteiger partial charge in [0.1, 0.15) is 48.8 Å². The first-order chi connectivity index (χ1) is 10.8. The average Bonchev–Trinajstić information content (AvgIpc) is 2.54. The fraction of sp³-hybridized carbons (Fsp3) is 1.00. The molecule has 0 aromatic carbocycles. The Labute approximate surface area is 130 Å². The zero-order valence-corrected chi connectivity index (χ0v) is 12.0. The Balaban J connectivity index is 2.08. The third kappa shape index (κ3) is 3.65. The van der Waals surface area contributed by atoms with Crippen LogP contribution in [-0.4, -0.2) is 115 Å². The van der Waals surface area contributed by atoms with E-state index in [0.717, 1.165) is 0 Å². The van der Waals surface area contributed by atoms with Gasteiger partial charge in [-0.05, 0) is 0 Å². The van der Waals surface area contributed by atoms with Crippen molar-refractivity contribution in [2.75, 3.05) is 13.2 Å². The van der Waals surface area contributed by atoms with Gasteiger partial charge in [-0.2, -0.15) is 0 Å². The van der Waals surface area contributed by atoms with E-state index in [1.165, 1.54) is 0 Å². The van der Waals surface area contributed by atoms with Gasteiger partial charge in [-0.25, -0.2) is 0 Å². The Morgan fingerprint density at radius 3 is 1.74 bits per heavy atom. The zero-order chi connectivity index (χ0) is 17.3. The molecule has 0 amide bonds. The molecule has 2 heterocycles. The smallest absolute Gasteiger partial charge is 0.187 e. The molecule has 2 aliphatic rings. The van der Waals surface area contributed by atoms with Gasteiger partial charge in [0.05, 0.1) is 13.2 Å². The molecular formula is C12H22O11. The molecule has 2 saturated heterocycles. The van der Waals surface area contributed by atoms with Crippen LogP contribution in [0.5, 0.6) is 0 Å². The highest BCUT2D eigenvalue weighted by Gasteiger charge is 2.50. The van der Waals surface area contributed by atoms with Crippen LogP contribution in [0.1, 0.15) is 0 Å². The molecule has 23 heavy (non-hydrogen) atoms. The molecule has 2 rings (SSSR count). The molecule has 2 fully saturated rings. The van der Waals surface area contributed by atoms with Crippen molar-refractivity contribution in [1.29, 1.82) is 0 Å². The molecule has 0 aromatic heterocycles. The summed E-state index contributed by atoms with van der Waals surface area (Å²) in [6.45, 7) is -1.33. The third-order valence-electron chi connectivity index (χ3n) is 3.98. The summed E-state index contributed by atoms with van der Waals surface area (Å²) in [5.41, 5.74) is 0. The second-order valence-electron chi connectivity index (χ2n) is 5.53. The number of aliphatic hydroxyl groups excluding tert-OH is 8. The van der Waals surface area contributed by atoms with Gasteiger partial charge in [0.25, 0.3) is 0 Å². The van der Waals surface area contributed by atoms with Crippen molar-refractivity contribution in [2.24, 2.45) is 0 Å². The Morgan fingerprint density at radius 1 is 0.652 bits per heavy atom. The molecule has 10 atom stereocenters. The maximum atomic E-state index is 9.94. The van der Waals surface area contributed by atoms with Gasteiger partial charge < -0.3 is 55.1 Å². The maximum absolute atomic E-state index is 9.94. The van der Waals surface area contributed by atoms with Gasteiger partial charge in [-0.3, -0.25) is 0 Å². The van der Waals surface area contributed by atoms with Crippen LogP contribution in [0.25, 0.3) is 0 Å². The van der Waals surface area contributed by atoms with Gasteiger partial charge in [0.15, 0.2) is 12.6 Å². The molecule has 11 heteroatoms. The van der Waals surface area contributed by atoms with Crippen molar-refractivity contribution < 1.29 is 55.1 Å². The van der Waals surface area contributed by atoms with E-state index in [1.54, 1.807) is 0 Å². The van der Waals surface area contributed by atoms with E-state index >= 15 is 0 Å². The predicted molar refractivity (Wildman–Crippen MR) is 68.6 cm³/mol. The largest absolute Gasteiger partial charge is 0.394 e. The van der Waals surface area contributed by atoms with Crippen molar-refractivity contribution in [3.8, 4) is 0 Å². The van der Waals surface area contributed by atoms with Crippen LogP contribution in [0.2, 0.25) is 0 Å². The lowest BCUT2D eigenvalue weighted by Gasteiger charge is -2.44. The normalized spacial score (nSPS) is 51.7. The fourth-order valence-corrected chi connectivity index (χ4v) is 2.55. The minimum atomic E-state index is -1.75. The van der Waals surface area contributed by atoms with Crippen LogP contribution >= 0.6 is 0 Å². The molecular weight excluding hydrogens is 320 g/mol. The zero-order valence-electron chi connectivity index (χ0n) is 12.0. The molecule has 0 saturated carbocycles. The third-order valence-corrected chi connectivity index (χ3v) is 3.98. The minimum absolute atomic E-state index is 0.651. The predicted octanol–water partition coefficient (Wildman–Crippen LogP) is -5.40. The Hall–Kier alpha value is -0.440. The molecule has 0 aromatic rings. The van der Waals surface area contributed by atoms with Crippen LogP contribution in [0.4, 0.5) is 0 Å². The standard InChI is InChI=1S/C12H22O11/c13-1-3-6(16)8(18)10(11(20)21-3)23-12-9(19)7(17)5(15)4(2-14)22-12/h3-20H,1-2H2/t3-,4-,5+,6+,7+,8+,9-,10-,11+,12?/m1/s1. The highest BCUT2D eigenvalue weighted by atomic mass is 16.7. The quantitative estimate of drug-likeness (QED) is 0.243. The Bertz CT molecular complexity index is 380. The van der Waals surface area contributed by atoms with Crippen LogP contribution < -0.4 is 0 Å². The van der Waals surface area contributed by atoms with Crippen molar-refractivity contribution in [2.45, 2.75) is 61.4 Å². The lowest BCUT2D eigenvalue weighted by atomic mass is 9.97. The summed E-state index contributed by atoms with van der Waals surface area (Å²) in [7, 11) is 0. The molecule has 0 spiro atoms. The van der Waals surface area contributed by atoms with E-state index in [1.807, 2.05) is 0 Å². The van der Waals surface area contributed by atoms with E-state index in [2.05, 4.69) is 0 Å². The van der Waals surface area contributed by atoms with Crippen molar-refractivity contribution in [1.82, 2.24) is 0 Å². The van der Waals surface area contributed by atoms with Crippen LogP contribution in [0.15, 0.2) is 0 Å². The first-order valence-corrected chi connectivity index (χ1v) is 7.08. The molecule has 8 N–H and O–H groups in total. The summed E-state index contributed by atoms with van der Waals surface area (Å²) in [5, 5.41) is 76.7. The second kappa shape index (κ2) is 7.63. The van der Waals surface area contributed by atoms with Crippen LogP contribution in [0, 0.1) is 0 Å². The van der Waals surface area contributed by atoms with Gasteiger partial charge in [-0.1, -0.05) is 0 Å². The number of rotatable bonds is 4. The Kier molecular flexibility index (Phi) is 6.27. The summed E-state index contributed by atoms with van der Waals surface area (Å²) >= 11 is 0. The van der Waals surface area contributed by atoms with Crippen molar-refractivity contribution >= 4 is 0 Å². The summed E-state index contributed by atoms with van der Waals surface area (Å²) < 4.78 is 15.1. The summed E-state index contributed by atoms with van der Waals surface area (Å²) in [5.74, 6) is 0. The molecule has 2 aliphatic heterocycles. The second-order valence-corrected chi connectivity index (χ2v) is 5.53. The SMILES string of the molecule is OC[C@H]1O[C@H](O)[C@H](OC2O[C@H](CO)[C@H](O)[C@H](O)[C@H]2O)[C@@H](O)[C@H]1O. The fourth-order valence-electron chi connectivity index (χ4n) is 2.55. The lowest BCUT2D eigenvalue weighted by Crippen LogP contribution is -2.64. The molecule has 136 valence electrons. The van der Waals surface area contributed by atoms with Crippen LogP contribution in [-0.2, 0) is 14.2 Å². The highest BCUT2D eigenvalue weighted by molar-refractivity contribution is 4.93. The van der Waals surface area contributed by atoms with E-state index in [9.17, 15) is 30.6 Å². The first-order valence-electron chi connectivity index (χ1n) is 7.08. The number of aliphatic hydroxyl groups is 8. The lowest BCUT2D eigenvalue weighted by molar-refractivity contribution is -0.361. The van der Waals surface area contributed by atoms with Crippen molar-refractivity contribution in [3.05, 3.63) is 0 Å². The van der Waals surface area contributed by atoms with Crippen LogP contribution in [0.3, 0.4) is 0 Å². The van der Waals surface area contributed by atoms with E-state index in [-0.39, 0.29) is 0 Å². The monoisotopic (exact) mass is 342 g/mol. The average molecular weight is 342 g/mol. The topological polar surface area (TPSA) is 190 Å². The number of hydrogen-bond donors (Lipinski definition) is 8. The molecule has 0 bridgehead atoms. The summed E-state index contributed by atoms with van der Waals surface area (Å²) in [4.78, 5) is 0. The maximum Gasteiger partial charge on any atom is 0.187 e. The van der Waals surface area contributed by atoms with Gasteiger partial charge in [0.2, 0.25) is 0 Å². The van der Waals surface area contributed by atoms with E-state index in [0.29, 0.717) is 0 Å². The molecule has 11 nitrogen and oxygen atoms in total. The molecule has 0 radical (unpaired) electrons. The van der Waals surface area contributed by atoms with Gasteiger partial charge in [-0.15, -0.1) is 0 Å².